The molecule has 9 heavy (non-hydrogen) atoms. The SMILES string of the molecule is CCOCCOP(Cl)Cl. The monoisotopic (exact) mass is 190 g/mol. The maximum atomic E-state index is 5.31. The van der Waals surface area contributed by atoms with E-state index in [0.717, 1.165) is 0 Å². The molecule has 0 aliphatic rings. The standard InChI is InChI=1S/C4H9Cl2O2P/c1-2-7-3-4-8-9(5)6/h2-4H2,1H3. The lowest BCUT2D eigenvalue weighted by Gasteiger charge is -2.01. The summed E-state index contributed by atoms with van der Waals surface area (Å²) in [6.07, 6.45) is 0. The van der Waals surface area contributed by atoms with Gasteiger partial charge in [-0.25, -0.2) is 0 Å². The molecule has 0 radical (unpaired) electrons. The van der Waals surface area contributed by atoms with Crippen molar-refractivity contribution in [1.29, 1.82) is 0 Å². The fraction of sp³-hybridized carbons (Fsp3) is 1.00. The molecule has 56 valence electrons. The lowest BCUT2D eigenvalue weighted by molar-refractivity contribution is 0.116. The van der Waals surface area contributed by atoms with Gasteiger partial charge in [0, 0.05) is 6.61 Å². The first kappa shape index (κ1) is 9.93. The van der Waals surface area contributed by atoms with Crippen molar-refractivity contribution in [3.05, 3.63) is 0 Å². The van der Waals surface area contributed by atoms with Crippen LogP contribution in [0.15, 0.2) is 0 Å². The van der Waals surface area contributed by atoms with Crippen LogP contribution in [0.25, 0.3) is 0 Å². The Morgan fingerprint density at radius 1 is 1.33 bits per heavy atom. The van der Waals surface area contributed by atoms with Gasteiger partial charge in [-0.3, -0.25) is 0 Å². The van der Waals surface area contributed by atoms with E-state index in [2.05, 4.69) is 0 Å². The van der Waals surface area contributed by atoms with Crippen molar-refractivity contribution in [3.63, 3.8) is 0 Å². The largest absolute Gasteiger partial charge is 0.379 e. The molecule has 0 aromatic heterocycles. The molecule has 0 heterocycles. The third-order valence-electron chi connectivity index (χ3n) is 0.621. The van der Waals surface area contributed by atoms with Gasteiger partial charge in [-0.15, -0.1) is 0 Å². The van der Waals surface area contributed by atoms with Crippen molar-refractivity contribution in [1.82, 2.24) is 0 Å². The fourth-order valence-electron chi connectivity index (χ4n) is 0.310. The van der Waals surface area contributed by atoms with Gasteiger partial charge in [0.25, 0.3) is 0 Å². The number of rotatable bonds is 5. The van der Waals surface area contributed by atoms with Gasteiger partial charge in [0.1, 0.15) is 0 Å². The highest BCUT2D eigenvalue weighted by Gasteiger charge is 1.96. The maximum Gasteiger partial charge on any atom is 0.225 e. The molecule has 0 aromatic rings. The molecule has 0 unspecified atom stereocenters. The Balaban J connectivity index is 2.75. The third-order valence-corrected chi connectivity index (χ3v) is 1.58. The normalized spacial score (nSPS) is 10.7. The van der Waals surface area contributed by atoms with Crippen LogP contribution in [0.4, 0.5) is 0 Å². The van der Waals surface area contributed by atoms with Crippen molar-refractivity contribution in [2.24, 2.45) is 0 Å². The van der Waals surface area contributed by atoms with E-state index in [1.165, 1.54) is 0 Å². The molecule has 0 aliphatic carbocycles. The van der Waals surface area contributed by atoms with E-state index in [1.54, 1.807) is 0 Å². The van der Waals surface area contributed by atoms with Gasteiger partial charge < -0.3 is 9.26 Å². The molecule has 2 nitrogen and oxygen atoms in total. The molecular formula is C4H9Cl2O2P. The van der Waals surface area contributed by atoms with Gasteiger partial charge in [-0.1, -0.05) is 0 Å². The number of hydrogen-bond acceptors (Lipinski definition) is 2. The molecule has 0 fully saturated rings. The minimum absolute atomic E-state index is 0.479. The van der Waals surface area contributed by atoms with E-state index in [0.29, 0.717) is 19.8 Å². The van der Waals surface area contributed by atoms with Crippen LogP contribution in [-0.4, -0.2) is 19.8 Å². The zero-order chi connectivity index (χ0) is 7.11. The lowest BCUT2D eigenvalue weighted by atomic mass is 10.8. The van der Waals surface area contributed by atoms with Crippen LogP contribution in [0.2, 0.25) is 0 Å². The van der Waals surface area contributed by atoms with Crippen LogP contribution in [0, 0.1) is 0 Å². The summed E-state index contributed by atoms with van der Waals surface area (Å²) in [6, 6.07) is 0. The zero-order valence-electron chi connectivity index (χ0n) is 5.14. The molecule has 0 aliphatic heterocycles. The summed E-state index contributed by atoms with van der Waals surface area (Å²) in [4.78, 5) is 0. The zero-order valence-corrected chi connectivity index (χ0v) is 7.55. The van der Waals surface area contributed by atoms with Gasteiger partial charge in [-0.2, -0.15) is 0 Å². The van der Waals surface area contributed by atoms with Gasteiger partial charge >= 0.3 is 0 Å². The topological polar surface area (TPSA) is 18.5 Å². The van der Waals surface area contributed by atoms with Crippen LogP contribution in [0.3, 0.4) is 0 Å². The maximum absolute atomic E-state index is 5.31. The Hall–Kier alpha value is 0.930. The molecular weight excluding hydrogens is 182 g/mol. The molecule has 5 heteroatoms. The second-order valence-electron chi connectivity index (χ2n) is 1.23. The Bertz CT molecular complexity index is 62.5. The highest BCUT2D eigenvalue weighted by atomic mass is 35.9. The van der Waals surface area contributed by atoms with Crippen molar-refractivity contribution < 1.29 is 9.26 Å². The summed E-state index contributed by atoms with van der Waals surface area (Å²) >= 11 is 10.6. The molecule has 0 saturated heterocycles. The molecule has 0 rings (SSSR count). The van der Waals surface area contributed by atoms with Crippen LogP contribution >= 0.6 is 29.3 Å². The van der Waals surface area contributed by atoms with Crippen LogP contribution in [0.5, 0.6) is 0 Å². The molecule has 0 amide bonds. The molecule has 0 saturated carbocycles. The van der Waals surface area contributed by atoms with E-state index in [9.17, 15) is 0 Å². The lowest BCUT2D eigenvalue weighted by Crippen LogP contribution is -1.99. The van der Waals surface area contributed by atoms with Crippen LogP contribution in [0.1, 0.15) is 6.92 Å². The molecule has 0 N–H and O–H groups in total. The summed E-state index contributed by atoms with van der Waals surface area (Å²) in [5.41, 5.74) is 0. The first-order valence-corrected chi connectivity index (χ1v) is 5.66. The molecule has 0 atom stereocenters. The Labute approximate surface area is 65.8 Å². The Morgan fingerprint density at radius 3 is 2.44 bits per heavy atom. The van der Waals surface area contributed by atoms with E-state index in [-0.39, 0.29) is 0 Å². The molecule has 0 bridgehead atoms. The summed E-state index contributed by atoms with van der Waals surface area (Å²) in [5, 5.41) is 0. The van der Waals surface area contributed by atoms with Gasteiger partial charge in [0.2, 0.25) is 6.85 Å². The number of hydrogen-bond donors (Lipinski definition) is 0. The molecule has 0 spiro atoms. The highest BCUT2D eigenvalue weighted by Crippen LogP contribution is 2.47. The van der Waals surface area contributed by atoms with Crippen LogP contribution in [-0.2, 0) is 9.26 Å². The van der Waals surface area contributed by atoms with Crippen molar-refractivity contribution in [2.75, 3.05) is 19.8 Å². The number of ether oxygens (including phenoxy) is 1. The van der Waals surface area contributed by atoms with Crippen LogP contribution < -0.4 is 0 Å². The Morgan fingerprint density at radius 2 is 2.00 bits per heavy atom. The van der Waals surface area contributed by atoms with Crippen molar-refractivity contribution in [2.45, 2.75) is 6.92 Å². The second kappa shape index (κ2) is 7.04. The van der Waals surface area contributed by atoms with Gasteiger partial charge in [-0.05, 0) is 29.4 Å². The highest BCUT2D eigenvalue weighted by molar-refractivity contribution is 8.00. The first-order valence-electron chi connectivity index (χ1n) is 2.59. The quantitative estimate of drug-likeness (QED) is 0.491. The van der Waals surface area contributed by atoms with Gasteiger partial charge in [0.05, 0.1) is 13.2 Å². The van der Waals surface area contributed by atoms with E-state index >= 15 is 0 Å². The summed E-state index contributed by atoms with van der Waals surface area (Å²) in [7, 11) is 0. The second-order valence-corrected chi connectivity index (χ2v) is 4.26. The summed E-state index contributed by atoms with van der Waals surface area (Å²) in [6.45, 7) is 2.41. The minimum atomic E-state index is -1.25. The third kappa shape index (κ3) is 8.93. The molecule has 0 aromatic carbocycles. The van der Waals surface area contributed by atoms with E-state index in [4.69, 9.17) is 31.7 Å². The summed E-state index contributed by atoms with van der Waals surface area (Å²) in [5.74, 6) is 0. The number of halogens is 2. The van der Waals surface area contributed by atoms with E-state index in [1.807, 2.05) is 6.92 Å². The van der Waals surface area contributed by atoms with E-state index < -0.39 is 6.85 Å². The first-order chi connectivity index (χ1) is 4.27. The summed E-state index contributed by atoms with van der Waals surface area (Å²) < 4.78 is 9.77. The Kier molecular flexibility index (Phi) is 7.77. The average molecular weight is 191 g/mol. The average Bonchev–Trinajstić information content (AvgIpc) is 1.80. The van der Waals surface area contributed by atoms with Crippen molar-refractivity contribution >= 4 is 29.3 Å². The fourth-order valence-corrected chi connectivity index (χ4v) is 0.936. The van der Waals surface area contributed by atoms with Gasteiger partial charge in [0.15, 0.2) is 0 Å². The predicted molar refractivity (Wildman–Crippen MR) is 41.1 cm³/mol. The smallest absolute Gasteiger partial charge is 0.225 e. The predicted octanol–water partition coefficient (Wildman–Crippen LogP) is 2.74. The van der Waals surface area contributed by atoms with Crippen molar-refractivity contribution in [3.8, 4) is 0 Å². The minimum Gasteiger partial charge on any atom is -0.379 e.